The Balaban J connectivity index is 1.58. The summed E-state index contributed by atoms with van der Waals surface area (Å²) in [5, 5.41) is 3.87. The molecule has 2 aromatic heterocycles. The number of nitrogens with zero attached hydrogens (tertiary/aromatic N) is 2. The number of hydrogen-bond acceptors (Lipinski definition) is 3. The van der Waals surface area contributed by atoms with Gasteiger partial charge in [0.2, 0.25) is 0 Å². The molecule has 0 radical (unpaired) electrons. The van der Waals surface area contributed by atoms with Crippen molar-refractivity contribution < 1.29 is 4.79 Å². The van der Waals surface area contributed by atoms with E-state index in [4.69, 9.17) is 0 Å². The molecular formula is C20H21BrN4O. The number of carbonyl (C=O) groups excluding carboxylic acids is 1. The lowest BCUT2D eigenvalue weighted by molar-refractivity contribution is 0.102. The van der Waals surface area contributed by atoms with Crippen LogP contribution in [0.4, 0.5) is 5.69 Å². The fourth-order valence-electron chi connectivity index (χ4n) is 3.49. The van der Waals surface area contributed by atoms with Crippen molar-refractivity contribution in [3.8, 4) is 0 Å². The molecule has 3 aromatic rings. The van der Waals surface area contributed by atoms with Crippen molar-refractivity contribution in [1.29, 1.82) is 0 Å². The first-order valence-electron chi connectivity index (χ1n) is 8.86. The largest absolute Gasteiger partial charge is 0.345 e. The molecule has 0 atom stereocenters. The molecular weight excluding hydrogens is 392 g/mol. The van der Waals surface area contributed by atoms with Crippen LogP contribution in [0.5, 0.6) is 0 Å². The summed E-state index contributed by atoms with van der Waals surface area (Å²) >= 11 is 3.51. The predicted octanol–water partition coefficient (Wildman–Crippen LogP) is 4.48. The van der Waals surface area contributed by atoms with Gasteiger partial charge in [0.1, 0.15) is 5.65 Å². The number of likely N-dealkylation sites (tertiary alicyclic amines) is 1. The molecule has 0 bridgehead atoms. The zero-order valence-corrected chi connectivity index (χ0v) is 16.3. The van der Waals surface area contributed by atoms with Crippen molar-refractivity contribution in [3.63, 3.8) is 0 Å². The van der Waals surface area contributed by atoms with Crippen molar-refractivity contribution >= 4 is 38.6 Å². The van der Waals surface area contributed by atoms with Gasteiger partial charge in [-0.1, -0.05) is 12.1 Å². The number of aryl methyl sites for hydroxylation is 1. The summed E-state index contributed by atoms with van der Waals surface area (Å²) in [6.07, 6.45) is 5.97. The van der Waals surface area contributed by atoms with Crippen LogP contribution in [0, 0.1) is 6.92 Å². The van der Waals surface area contributed by atoms with Gasteiger partial charge in [-0.05, 0) is 72.0 Å². The van der Waals surface area contributed by atoms with Crippen molar-refractivity contribution in [3.05, 3.63) is 57.8 Å². The maximum absolute atomic E-state index is 12.9. The van der Waals surface area contributed by atoms with Crippen LogP contribution in [0.25, 0.3) is 11.0 Å². The van der Waals surface area contributed by atoms with Crippen LogP contribution in [-0.2, 0) is 6.54 Å². The van der Waals surface area contributed by atoms with E-state index in [2.05, 4.69) is 54.3 Å². The fraction of sp³-hybridized carbons (Fsp3) is 0.300. The standard InChI is InChI=1S/C20H21BrN4O/c1-13-4-5-14(12-25-8-2-3-9-25)10-17(13)24-20(26)15-11-23-19-18(15)16(21)6-7-22-19/h4-7,10-11H,2-3,8-9,12H2,1H3,(H,22,23)(H,24,26). The molecule has 0 spiro atoms. The summed E-state index contributed by atoms with van der Waals surface area (Å²) in [4.78, 5) is 22.6. The molecule has 1 aliphatic heterocycles. The Hall–Kier alpha value is -2.18. The maximum Gasteiger partial charge on any atom is 0.257 e. The molecule has 2 N–H and O–H groups in total. The third-order valence-corrected chi connectivity index (χ3v) is 5.58. The van der Waals surface area contributed by atoms with Gasteiger partial charge in [-0.25, -0.2) is 4.98 Å². The molecule has 1 aromatic carbocycles. The molecule has 1 aliphatic rings. The molecule has 1 saturated heterocycles. The van der Waals surface area contributed by atoms with E-state index in [-0.39, 0.29) is 5.91 Å². The number of nitrogens with one attached hydrogen (secondary N) is 2. The first-order chi connectivity index (χ1) is 12.6. The monoisotopic (exact) mass is 412 g/mol. The Morgan fingerprint density at radius 1 is 1.31 bits per heavy atom. The van der Waals surface area contributed by atoms with Gasteiger partial charge in [0.15, 0.2) is 0 Å². The zero-order chi connectivity index (χ0) is 18.1. The third kappa shape index (κ3) is 3.39. The first kappa shape index (κ1) is 17.2. The summed E-state index contributed by atoms with van der Waals surface area (Å²) in [6.45, 7) is 5.27. The highest BCUT2D eigenvalue weighted by atomic mass is 79.9. The molecule has 1 fully saturated rings. The van der Waals surface area contributed by atoms with Crippen LogP contribution in [0.2, 0.25) is 0 Å². The quantitative estimate of drug-likeness (QED) is 0.663. The normalized spacial score (nSPS) is 14.8. The van der Waals surface area contributed by atoms with Crippen LogP contribution in [0.15, 0.2) is 41.1 Å². The molecule has 4 rings (SSSR count). The van der Waals surface area contributed by atoms with Gasteiger partial charge in [-0.15, -0.1) is 0 Å². The number of benzene rings is 1. The van der Waals surface area contributed by atoms with E-state index in [1.807, 2.05) is 13.0 Å². The van der Waals surface area contributed by atoms with Crippen LogP contribution in [0.3, 0.4) is 0 Å². The van der Waals surface area contributed by atoms with Crippen molar-refractivity contribution in [1.82, 2.24) is 14.9 Å². The van der Waals surface area contributed by atoms with Gasteiger partial charge in [0.25, 0.3) is 5.91 Å². The smallest absolute Gasteiger partial charge is 0.257 e. The second-order valence-electron chi connectivity index (χ2n) is 6.81. The van der Waals surface area contributed by atoms with Gasteiger partial charge in [0.05, 0.1) is 5.56 Å². The lowest BCUT2D eigenvalue weighted by atomic mass is 10.1. The minimum absolute atomic E-state index is 0.133. The number of rotatable bonds is 4. The highest BCUT2D eigenvalue weighted by molar-refractivity contribution is 9.10. The number of aromatic amines is 1. The molecule has 26 heavy (non-hydrogen) atoms. The number of amides is 1. The summed E-state index contributed by atoms with van der Waals surface area (Å²) in [5.74, 6) is -0.133. The van der Waals surface area contributed by atoms with Crippen LogP contribution in [0.1, 0.15) is 34.3 Å². The summed E-state index contributed by atoms with van der Waals surface area (Å²) < 4.78 is 0.855. The second kappa shape index (κ2) is 7.21. The number of anilines is 1. The number of carbonyl (C=O) groups is 1. The van der Waals surface area contributed by atoms with Gasteiger partial charge in [0, 0.05) is 34.5 Å². The Morgan fingerprint density at radius 3 is 2.92 bits per heavy atom. The van der Waals surface area contributed by atoms with Crippen LogP contribution < -0.4 is 5.32 Å². The minimum Gasteiger partial charge on any atom is -0.345 e. The maximum atomic E-state index is 12.9. The van der Waals surface area contributed by atoms with Crippen LogP contribution >= 0.6 is 15.9 Å². The number of fused-ring (bicyclic) bond motifs is 1. The number of halogens is 1. The first-order valence-corrected chi connectivity index (χ1v) is 9.66. The van der Waals surface area contributed by atoms with E-state index in [1.54, 1.807) is 12.4 Å². The highest BCUT2D eigenvalue weighted by Crippen LogP contribution is 2.27. The Kier molecular flexibility index (Phi) is 4.78. The van der Waals surface area contributed by atoms with Crippen molar-refractivity contribution in [2.45, 2.75) is 26.3 Å². The van der Waals surface area contributed by atoms with E-state index in [1.165, 1.54) is 18.4 Å². The predicted molar refractivity (Wildman–Crippen MR) is 107 cm³/mol. The number of hydrogen-bond donors (Lipinski definition) is 2. The summed E-state index contributed by atoms with van der Waals surface area (Å²) in [6, 6.07) is 8.16. The van der Waals surface area contributed by atoms with Gasteiger partial charge in [-0.2, -0.15) is 0 Å². The third-order valence-electron chi connectivity index (χ3n) is 4.92. The molecule has 5 nitrogen and oxygen atoms in total. The minimum atomic E-state index is -0.133. The topological polar surface area (TPSA) is 61.0 Å². The van der Waals surface area contributed by atoms with Gasteiger partial charge < -0.3 is 10.3 Å². The van der Waals surface area contributed by atoms with E-state index < -0.39 is 0 Å². The van der Waals surface area contributed by atoms with Crippen molar-refractivity contribution in [2.24, 2.45) is 0 Å². The molecule has 1 amide bonds. The number of H-pyrrole nitrogens is 1. The van der Waals surface area contributed by atoms with Crippen molar-refractivity contribution in [2.75, 3.05) is 18.4 Å². The number of pyridine rings is 1. The Labute approximate surface area is 160 Å². The lowest BCUT2D eigenvalue weighted by Crippen LogP contribution is -2.19. The van der Waals surface area contributed by atoms with E-state index in [0.717, 1.165) is 40.7 Å². The highest BCUT2D eigenvalue weighted by Gasteiger charge is 2.17. The second-order valence-corrected chi connectivity index (χ2v) is 7.66. The van der Waals surface area contributed by atoms with Gasteiger partial charge >= 0.3 is 0 Å². The van der Waals surface area contributed by atoms with E-state index in [0.29, 0.717) is 11.2 Å². The fourth-order valence-corrected chi connectivity index (χ4v) is 4.01. The summed E-state index contributed by atoms with van der Waals surface area (Å²) in [5.41, 5.74) is 4.43. The molecule has 134 valence electrons. The molecule has 6 heteroatoms. The molecule has 0 aliphatic carbocycles. The van der Waals surface area contributed by atoms with Gasteiger partial charge in [-0.3, -0.25) is 9.69 Å². The zero-order valence-electron chi connectivity index (χ0n) is 14.7. The van der Waals surface area contributed by atoms with E-state index in [9.17, 15) is 4.79 Å². The number of aromatic nitrogens is 2. The molecule has 0 unspecified atom stereocenters. The molecule has 0 saturated carbocycles. The summed E-state index contributed by atoms with van der Waals surface area (Å²) in [7, 11) is 0. The van der Waals surface area contributed by atoms with E-state index >= 15 is 0 Å². The Morgan fingerprint density at radius 2 is 2.12 bits per heavy atom. The van der Waals surface area contributed by atoms with Crippen LogP contribution in [-0.4, -0.2) is 33.9 Å². The molecule has 3 heterocycles. The average molecular weight is 413 g/mol. The SMILES string of the molecule is Cc1ccc(CN2CCCC2)cc1NC(=O)c1c[nH]c2nccc(Br)c12. The lowest BCUT2D eigenvalue weighted by Gasteiger charge is -2.16. The Bertz CT molecular complexity index is 960. The average Bonchev–Trinajstić information content (AvgIpc) is 3.28.